The molecule has 0 amide bonds. The summed E-state index contributed by atoms with van der Waals surface area (Å²) in [6.45, 7) is 0. The van der Waals surface area contributed by atoms with Gasteiger partial charge in [0, 0.05) is 0 Å². The molecule has 0 spiro atoms. The third-order valence-electron chi connectivity index (χ3n) is 1.06. The van der Waals surface area contributed by atoms with Crippen LogP contribution in [0.2, 0.25) is 5.02 Å². The molecule has 0 aliphatic heterocycles. The Morgan fingerprint density at radius 3 is 2.40 bits per heavy atom. The highest BCUT2D eigenvalue weighted by Crippen LogP contribution is 2.18. The van der Waals surface area contributed by atoms with Gasteiger partial charge in [0.2, 0.25) is 5.30 Å². The summed E-state index contributed by atoms with van der Waals surface area (Å²) in [5.74, 6) is 0. The van der Waals surface area contributed by atoms with Crippen molar-refractivity contribution in [2.75, 3.05) is 0 Å². The van der Waals surface area contributed by atoms with Gasteiger partial charge in [-0.15, -0.1) is 0 Å². The fourth-order valence-corrected chi connectivity index (χ4v) is 1.43. The van der Waals surface area contributed by atoms with Crippen LogP contribution in [0.5, 0.6) is 0 Å². The second kappa shape index (κ2) is 3.11. The minimum absolute atomic E-state index is 0.291. The predicted octanol–water partition coefficient (Wildman–Crippen LogP) is 1.70. The number of halogens is 1. The molecular formula is C6H5ClO2P+. The first-order valence-electron chi connectivity index (χ1n) is 2.62. The standard InChI is InChI=1S/C6H4ClO2P/c7-5-3-1-2-4-6(5)10(8)9/h1-4H/p+1. The van der Waals surface area contributed by atoms with E-state index in [9.17, 15) is 4.57 Å². The Morgan fingerprint density at radius 1 is 1.40 bits per heavy atom. The second-order valence-corrected chi connectivity index (χ2v) is 3.16. The molecule has 0 bridgehead atoms. The van der Waals surface area contributed by atoms with Crippen LogP contribution in [-0.2, 0) is 4.57 Å². The zero-order chi connectivity index (χ0) is 7.56. The van der Waals surface area contributed by atoms with Crippen molar-refractivity contribution in [2.45, 2.75) is 0 Å². The van der Waals surface area contributed by atoms with Crippen LogP contribution in [0.3, 0.4) is 0 Å². The van der Waals surface area contributed by atoms with Crippen molar-refractivity contribution in [3.05, 3.63) is 29.3 Å². The number of hydrogen-bond donors (Lipinski definition) is 1. The molecule has 0 aliphatic rings. The van der Waals surface area contributed by atoms with E-state index in [0.717, 1.165) is 0 Å². The van der Waals surface area contributed by atoms with Gasteiger partial charge in [-0.1, -0.05) is 23.7 Å². The number of rotatable bonds is 1. The van der Waals surface area contributed by atoms with Crippen molar-refractivity contribution < 1.29 is 9.46 Å². The first kappa shape index (κ1) is 7.67. The Hall–Kier alpha value is -0.430. The molecule has 2 nitrogen and oxygen atoms in total. The van der Waals surface area contributed by atoms with E-state index in [1.807, 2.05) is 0 Å². The molecule has 0 aromatic heterocycles. The quantitative estimate of drug-likeness (QED) is 0.660. The van der Waals surface area contributed by atoms with Crippen molar-refractivity contribution >= 4 is 24.9 Å². The highest BCUT2D eigenvalue weighted by molar-refractivity contribution is 7.47. The minimum Gasteiger partial charge on any atom is -0.156 e. The highest BCUT2D eigenvalue weighted by Gasteiger charge is 2.18. The van der Waals surface area contributed by atoms with Crippen LogP contribution in [0.15, 0.2) is 24.3 Å². The molecule has 1 rings (SSSR count). The minimum atomic E-state index is -2.30. The van der Waals surface area contributed by atoms with Gasteiger partial charge < -0.3 is 0 Å². The van der Waals surface area contributed by atoms with Gasteiger partial charge in [0.25, 0.3) is 0 Å². The molecule has 0 radical (unpaired) electrons. The van der Waals surface area contributed by atoms with Crippen molar-refractivity contribution in [1.82, 2.24) is 0 Å². The van der Waals surface area contributed by atoms with Crippen LogP contribution in [0.1, 0.15) is 0 Å². The number of hydrogen-bond acceptors (Lipinski definition) is 1. The average molecular weight is 176 g/mol. The maximum atomic E-state index is 10.5. The van der Waals surface area contributed by atoms with E-state index in [4.69, 9.17) is 16.5 Å². The molecule has 4 heteroatoms. The molecule has 0 saturated heterocycles. The third-order valence-corrected chi connectivity index (χ3v) is 2.32. The van der Waals surface area contributed by atoms with Crippen LogP contribution >= 0.6 is 19.6 Å². The summed E-state index contributed by atoms with van der Waals surface area (Å²) in [5.41, 5.74) is 0. The third kappa shape index (κ3) is 1.54. The predicted molar refractivity (Wildman–Crippen MR) is 40.9 cm³/mol. The Labute approximate surface area is 64.3 Å². The van der Waals surface area contributed by atoms with E-state index >= 15 is 0 Å². The molecule has 52 valence electrons. The Bertz CT molecular complexity index is 262. The van der Waals surface area contributed by atoms with Gasteiger partial charge in [0.15, 0.2) is 0 Å². The second-order valence-electron chi connectivity index (χ2n) is 1.72. The maximum absolute atomic E-state index is 10.5. The molecule has 1 aromatic carbocycles. The summed E-state index contributed by atoms with van der Waals surface area (Å²) in [6, 6.07) is 6.50. The lowest BCUT2D eigenvalue weighted by molar-refractivity contribution is 0.513. The molecule has 1 aromatic rings. The Kier molecular flexibility index (Phi) is 2.39. The zero-order valence-corrected chi connectivity index (χ0v) is 6.64. The topological polar surface area (TPSA) is 37.3 Å². The SMILES string of the molecule is O=[P+](O)c1ccccc1Cl. The van der Waals surface area contributed by atoms with Gasteiger partial charge in [-0.25, -0.2) is 0 Å². The smallest absolute Gasteiger partial charge is 0.156 e. The first-order chi connectivity index (χ1) is 4.72. The fraction of sp³-hybridized carbons (Fsp3) is 0. The zero-order valence-electron chi connectivity index (χ0n) is 4.99. The van der Waals surface area contributed by atoms with E-state index in [1.54, 1.807) is 18.2 Å². The Balaban J connectivity index is 3.15. The molecule has 0 fully saturated rings. The van der Waals surface area contributed by atoms with Gasteiger partial charge in [-0.3, -0.25) is 0 Å². The maximum Gasteiger partial charge on any atom is 0.547 e. The lowest BCUT2D eigenvalue weighted by atomic mass is 10.4. The first-order valence-corrected chi connectivity index (χ1v) is 4.21. The van der Waals surface area contributed by atoms with Gasteiger partial charge in [0.05, 0.1) is 5.02 Å². The van der Waals surface area contributed by atoms with Crippen molar-refractivity contribution in [3.8, 4) is 0 Å². The van der Waals surface area contributed by atoms with Crippen LogP contribution in [0.25, 0.3) is 0 Å². The van der Waals surface area contributed by atoms with E-state index < -0.39 is 8.03 Å². The fourth-order valence-electron chi connectivity index (χ4n) is 0.607. The molecule has 0 heterocycles. The van der Waals surface area contributed by atoms with Gasteiger partial charge in [0.1, 0.15) is 0 Å². The van der Waals surface area contributed by atoms with Crippen LogP contribution in [-0.4, -0.2) is 4.89 Å². The van der Waals surface area contributed by atoms with Crippen LogP contribution < -0.4 is 5.30 Å². The van der Waals surface area contributed by atoms with E-state index in [1.165, 1.54) is 6.07 Å². The summed E-state index contributed by atoms with van der Waals surface area (Å²) in [5, 5.41) is 0.630. The summed E-state index contributed by atoms with van der Waals surface area (Å²) in [7, 11) is -2.30. The molecule has 1 atom stereocenters. The summed E-state index contributed by atoms with van der Waals surface area (Å²) in [4.78, 5) is 8.63. The molecule has 0 aliphatic carbocycles. The van der Waals surface area contributed by atoms with Gasteiger partial charge in [-0.2, -0.15) is 4.89 Å². The molecule has 10 heavy (non-hydrogen) atoms. The summed E-state index contributed by atoms with van der Waals surface area (Å²) < 4.78 is 10.5. The average Bonchev–Trinajstić information content (AvgIpc) is 1.88. The molecule has 1 N–H and O–H groups in total. The molecule has 1 unspecified atom stereocenters. The Morgan fingerprint density at radius 2 is 2.00 bits per heavy atom. The van der Waals surface area contributed by atoms with E-state index in [-0.39, 0.29) is 0 Å². The summed E-state index contributed by atoms with van der Waals surface area (Å²) in [6.07, 6.45) is 0. The monoisotopic (exact) mass is 175 g/mol. The lowest BCUT2D eigenvalue weighted by Gasteiger charge is -1.84. The highest BCUT2D eigenvalue weighted by atomic mass is 35.5. The van der Waals surface area contributed by atoms with E-state index in [2.05, 4.69) is 0 Å². The van der Waals surface area contributed by atoms with Gasteiger partial charge >= 0.3 is 8.03 Å². The normalized spacial score (nSPS) is 11.2. The van der Waals surface area contributed by atoms with Gasteiger partial charge in [-0.05, 0) is 16.7 Å². The van der Waals surface area contributed by atoms with Crippen LogP contribution in [0, 0.1) is 0 Å². The van der Waals surface area contributed by atoms with Crippen molar-refractivity contribution in [2.24, 2.45) is 0 Å². The van der Waals surface area contributed by atoms with Crippen molar-refractivity contribution in [3.63, 3.8) is 0 Å². The van der Waals surface area contributed by atoms with E-state index in [0.29, 0.717) is 10.3 Å². The summed E-state index contributed by atoms with van der Waals surface area (Å²) >= 11 is 5.58. The molecular weight excluding hydrogens is 170 g/mol. The van der Waals surface area contributed by atoms with Crippen LogP contribution in [0.4, 0.5) is 0 Å². The largest absolute Gasteiger partial charge is 0.547 e. The molecule has 0 saturated carbocycles. The number of benzene rings is 1. The lowest BCUT2D eigenvalue weighted by Crippen LogP contribution is -1.95. The van der Waals surface area contributed by atoms with Crippen molar-refractivity contribution in [1.29, 1.82) is 0 Å².